The van der Waals surface area contributed by atoms with Gasteiger partial charge < -0.3 is 0 Å². The summed E-state index contributed by atoms with van der Waals surface area (Å²) in [5.74, 6) is 0.984. The van der Waals surface area contributed by atoms with Crippen molar-refractivity contribution in [2.45, 2.75) is 19.8 Å². The Hall–Kier alpha value is -8.08. The molecule has 63 heavy (non-hydrogen) atoms. The molecule has 0 N–H and O–H groups in total. The summed E-state index contributed by atoms with van der Waals surface area (Å²) in [7, 11) is 0. The average molecular weight is 807 g/mol. The highest BCUT2D eigenvalue weighted by molar-refractivity contribution is 6.10. The third-order valence-corrected chi connectivity index (χ3v) is 12.0. The maximum absolute atomic E-state index is 5.39. The lowest BCUT2D eigenvalue weighted by Gasteiger charge is -2.14. The van der Waals surface area contributed by atoms with Gasteiger partial charge in [0, 0.05) is 38.7 Å². The molecule has 0 aliphatic heterocycles. The maximum atomic E-state index is 5.39. The zero-order valence-corrected chi connectivity index (χ0v) is 35.1. The molecule has 0 aliphatic carbocycles. The minimum atomic E-state index is 0.304. The molecule has 3 aromatic heterocycles. The predicted octanol–water partition coefficient (Wildman–Crippen LogP) is 15.5. The first-order valence-corrected chi connectivity index (χ1v) is 21.6. The van der Waals surface area contributed by atoms with E-state index in [-0.39, 0.29) is 0 Å². The van der Waals surface area contributed by atoms with E-state index in [2.05, 4.69) is 214 Å². The first kappa shape index (κ1) is 37.9. The van der Waals surface area contributed by atoms with Crippen LogP contribution in [0.2, 0.25) is 0 Å². The van der Waals surface area contributed by atoms with Crippen molar-refractivity contribution in [1.29, 1.82) is 0 Å². The van der Waals surface area contributed by atoms with Gasteiger partial charge in [0.15, 0.2) is 5.82 Å². The summed E-state index contributed by atoms with van der Waals surface area (Å²) in [5, 5.41) is 4.61. The van der Waals surface area contributed by atoms with Crippen LogP contribution in [0.25, 0.3) is 111 Å². The molecule has 0 bridgehead atoms. The molecule has 0 saturated carbocycles. The van der Waals surface area contributed by atoms with Crippen molar-refractivity contribution in [3.05, 3.63) is 218 Å². The van der Waals surface area contributed by atoms with Gasteiger partial charge in [0.25, 0.3) is 0 Å². The lowest BCUT2D eigenvalue weighted by Crippen LogP contribution is -1.96. The number of rotatable bonds is 8. The van der Waals surface area contributed by atoms with Crippen LogP contribution in [0.4, 0.5) is 0 Å². The van der Waals surface area contributed by atoms with E-state index in [1.807, 2.05) is 12.1 Å². The number of fused-ring (bicyclic) bond motifs is 4. The Labute approximate surface area is 367 Å². The summed E-state index contributed by atoms with van der Waals surface area (Å²) in [6.07, 6.45) is 0. The highest BCUT2D eigenvalue weighted by atomic mass is 14.9. The molecular weight excluding hydrogens is 765 g/mol. The van der Waals surface area contributed by atoms with Gasteiger partial charge in [-0.3, -0.25) is 4.98 Å². The molecule has 0 unspecified atom stereocenters. The lowest BCUT2D eigenvalue weighted by molar-refractivity contribution is 0.830. The van der Waals surface area contributed by atoms with E-state index < -0.39 is 0 Å². The molecular formula is C59H42N4. The van der Waals surface area contributed by atoms with Gasteiger partial charge in [0.1, 0.15) is 0 Å². The first-order valence-electron chi connectivity index (χ1n) is 21.6. The van der Waals surface area contributed by atoms with Gasteiger partial charge in [0.05, 0.1) is 28.1 Å². The van der Waals surface area contributed by atoms with Gasteiger partial charge in [-0.2, -0.15) is 0 Å². The van der Waals surface area contributed by atoms with Crippen LogP contribution in [0.15, 0.2) is 212 Å². The van der Waals surface area contributed by atoms with Crippen LogP contribution in [0.3, 0.4) is 0 Å². The van der Waals surface area contributed by atoms with Crippen LogP contribution in [0.5, 0.6) is 0 Å². The summed E-state index contributed by atoms with van der Waals surface area (Å²) in [5.41, 5.74) is 16.5. The van der Waals surface area contributed by atoms with E-state index in [4.69, 9.17) is 19.9 Å². The van der Waals surface area contributed by atoms with Crippen LogP contribution in [0, 0.1) is 0 Å². The smallest absolute Gasteiger partial charge is 0.160 e. The summed E-state index contributed by atoms with van der Waals surface area (Å²) < 4.78 is 0. The fourth-order valence-corrected chi connectivity index (χ4v) is 8.57. The number of hydrogen-bond donors (Lipinski definition) is 0. The van der Waals surface area contributed by atoms with Gasteiger partial charge >= 0.3 is 0 Å². The Balaban J connectivity index is 0.980. The molecule has 0 fully saturated rings. The zero-order valence-electron chi connectivity index (χ0n) is 35.1. The van der Waals surface area contributed by atoms with Crippen LogP contribution >= 0.6 is 0 Å². The molecule has 4 heteroatoms. The van der Waals surface area contributed by atoms with Crippen molar-refractivity contribution in [3.63, 3.8) is 0 Å². The van der Waals surface area contributed by atoms with Crippen molar-refractivity contribution in [3.8, 4) is 78.5 Å². The topological polar surface area (TPSA) is 51.6 Å². The molecule has 11 aromatic rings. The number of benzene rings is 8. The van der Waals surface area contributed by atoms with E-state index in [0.717, 1.165) is 89.1 Å². The van der Waals surface area contributed by atoms with Gasteiger partial charge in [-0.15, -0.1) is 0 Å². The molecule has 0 spiro atoms. The monoisotopic (exact) mass is 806 g/mol. The van der Waals surface area contributed by atoms with Gasteiger partial charge in [-0.1, -0.05) is 196 Å². The Morgan fingerprint density at radius 2 is 0.810 bits per heavy atom. The molecule has 0 radical (unpaired) electrons. The van der Waals surface area contributed by atoms with Crippen LogP contribution in [-0.2, 0) is 0 Å². The predicted molar refractivity (Wildman–Crippen MR) is 262 cm³/mol. The van der Waals surface area contributed by atoms with Crippen LogP contribution in [-0.4, -0.2) is 19.9 Å². The fraction of sp³-hybridized carbons (Fsp3) is 0.0508. The first-order chi connectivity index (χ1) is 31.0. The number of nitrogens with zero attached hydrogens (tertiary/aromatic N) is 4. The second-order valence-electron chi connectivity index (χ2n) is 16.5. The highest BCUT2D eigenvalue weighted by Gasteiger charge is 2.16. The third kappa shape index (κ3) is 7.42. The Morgan fingerprint density at radius 1 is 0.302 bits per heavy atom. The van der Waals surface area contributed by atoms with Gasteiger partial charge in [-0.25, -0.2) is 15.0 Å². The summed E-state index contributed by atoms with van der Waals surface area (Å²) in [6.45, 7) is 4.38. The summed E-state index contributed by atoms with van der Waals surface area (Å²) >= 11 is 0. The minimum Gasteiger partial charge on any atom is -0.250 e. The van der Waals surface area contributed by atoms with Crippen molar-refractivity contribution in [2.24, 2.45) is 0 Å². The lowest BCUT2D eigenvalue weighted by atomic mass is 9.94. The summed E-state index contributed by atoms with van der Waals surface area (Å²) in [6, 6.07) is 75.0. The Kier molecular flexibility index (Phi) is 9.67. The zero-order chi connectivity index (χ0) is 42.3. The van der Waals surface area contributed by atoms with E-state index in [1.54, 1.807) is 0 Å². The summed E-state index contributed by atoms with van der Waals surface area (Å²) in [4.78, 5) is 20.9. The van der Waals surface area contributed by atoms with E-state index in [9.17, 15) is 0 Å². The number of aromatic nitrogens is 4. The van der Waals surface area contributed by atoms with E-state index >= 15 is 0 Å². The minimum absolute atomic E-state index is 0.304. The fourth-order valence-electron chi connectivity index (χ4n) is 8.57. The average Bonchev–Trinajstić information content (AvgIpc) is 3.36. The molecule has 0 saturated heterocycles. The molecule has 0 amide bonds. The van der Waals surface area contributed by atoms with Crippen molar-refractivity contribution in [2.75, 3.05) is 0 Å². The second kappa shape index (κ2) is 16.1. The maximum Gasteiger partial charge on any atom is 0.160 e. The van der Waals surface area contributed by atoms with Crippen molar-refractivity contribution >= 4 is 32.6 Å². The van der Waals surface area contributed by atoms with Crippen LogP contribution < -0.4 is 0 Å². The normalized spacial score (nSPS) is 11.5. The quantitative estimate of drug-likeness (QED) is 0.144. The SMILES string of the molecule is CC(C)c1ccc2ccc3c(-c4ccc5ccccc5c4)cc(-c4ccc(-c5cccc(-c6nc(-c7ccccc7)cc(-c7ccc(-c8ccccc8)cc7)n6)c5)cc4)nc3c2n1. The van der Waals surface area contributed by atoms with E-state index in [1.165, 1.54) is 21.9 Å². The van der Waals surface area contributed by atoms with Gasteiger partial charge in [-0.05, 0) is 80.4 Å². The number of hydrogen-bond acceptors (Lipinski definition) is 4. The van der Waals surface area contributed by atoms with E-state index in [0.29, 0.717) is 11.7 Å². The molecule has 8 aromatic carbocycles. The molecule has 3 heterocycles. The molecule has 0 aliphatic rings. The van der Waals surface area contributed by atoms with Crippen LogP contribution in [0.1, 0.15) is 25.5 Å². The Bertz CT molecular complexity index is 3450. The largest absolute Gasteiger partial charge is 0.250 e. The second-order valence-corrected chi connectivity index (χ2v) is 16.5. The third-order valence-electron chi connectivity index (χ3n) is 12.0. The Morgan fingerprint density at radius 3 is 1.51 bits per heavy atom. The standard InChI is InChI=1S/C59H42N4/c1-38(2)53-33-31-46-30-32-51-52(49-29-24-40-14-9-10-17-47(40)34-49)36-54(61-58(51)57(46)60-53)44-27-22-42(23-28-44)48-18-11-19-50(35-48)59-62-55(43-15-7-4-8-16-43)37-56(63-59)45-25-20-41(21-26-45)39-12-5-3-6-13-39/h3-38H,1-2H3. The molecule has 298 valence electrons. The van der Waals surface area contributed by atoms with Crippen molar-refractivity contribution < 1.29 is 0 Å². The van der Waals surface area contributed by atoms with Crippen molar-refractivity contribution in [1.82, 2.24) is 19.9 Å². The molecule has 11 rings (SSSR count). The van der Waals surface area contributed by atoms with Gasteiger partial charge in [0.2, 0.25) is 0 Å². The number of pyridine rings is 2. The molecule has 0 atom stereocenters. The highest BCUT2D eigenvalue weighted by Crippen LogP contribution is 2.38. The molecule has 4 nitrogen and oxygen atoms in total.